The molecule has 2 aliphatic rings. The number of likely N-dealkylation sites (tertiary alicyclic amines) is 1. The van der Waals surface area contributed by atoms with E-state index in [2.05, 4.69) is 4.90 Å². The van der Waals surface area contributed by atoms with Gasteiger partial charge in [-0.05, 0) is 63.7 Å². The van der Waals surface area contributed by atoms with E-state index in [0.717, 1.165) is 18.4 Å². The lowest BCUT2D eigenvalue weighted by molar-refractivity contribution is 0.323. The van der Waals surface area contributed by atoms with E-state index in [1.807, 2.05) is 0 Å². The first-order valence-electron chi connectivity index (χ1n) is 5.32. The minimum atomic E-state index is 0.882. The molecule has 0 aromatic heterocycles. The second kappa shape index (κ2) is 3.75. The average molecular weight is 168 g/mol. The Kier molecular flexibility index (Phi) is 2.66. The van der Waals surface area contributed by atoms with Gasteiger partial charge in [0, 0.05) is 0 Å². The number of nitrogens with two attached hydrogens (primary N) is 1. The molecule has 2 atom stereocenters. The van der Waals surface area contributed by atoms with Crippen LogP contribution in [0.15, 0.2) is 0 Å². The predicted octanol–water partition coefficient (Wildman–Crippen LogP) is 1.07. The minimum Gasteiger partial charge on any atom is -0.330 e. The minimum absolute atomic E-state index is 0.882. The maximum absolute atomic E-state index is 5.59. The molecule has 1 saturated carbocycles. The first-order valence-corrected chi connectivity index (χ1v) is 5.32. The molecular weight excluding hydrogens is 148 g/mol. The van der Waals surface area contributed by atoms with Crippen molar-refractivity contribution >= 4 is 0 Å². The van der Waals surface area contributed by atoms with E-state index in [4.69, 9.17) is 5.73 Å². The largest absolute Gasteiger partial charge is 0.330 e. The molecule has 12 heavy (non-hydrogen) atoms. The molecule has 0 radical (unpaired) electrons. The van der Waals surface area contributed by atoms with Crippen molar-refractivity contribution in [3.63, 3.8) is 0 Å². The Morgan fingerprint density at radius 1 is 1.17 bits per heavy atom. The molecule has 2 rings (SSSR count). The highest BCUT2D eigenvalue weighted by atomic mass is 15.1. The van der Waals surface area contributed by atoms with Crippen LogP contribution in [0.25, 0.3) is 0 Å². The zero-order chi connectivity index (χ0) is 8.39. The smallest absolute Gasteiger partial charge is 0.00160 e. The van der Waals surface area contributed by atoms with Crippen LogP contribution in [0.3, 0.4) is 0 Å². The van der Waals surface area contributed by atoms with Crippen LogP contribution >= 0.6 is 0 Å². The first kappa shape index (κ1) is 8.52. The quantitative estimate of drug-likeness (QED) is 0.680. The third-order valence-corrected chi connectivity index (χ3v) is 3.39. The number of rotatable bonds is 4. The monoisotopic (exact) mass is 168 g/mol. The fourth-order valence-corrected chi connectivity index (χ4v) is 2.31. The highest BCUT2D eigenvalue weighted by molar-refractivity contribution is 4.87. The Balaban J connectivity index is 1.57. The molecule has 1 aliphatic heterocycles. The summed E-state index contributed by atoms with van der Waals surface area (Å²) in [5.41, 5.74) is 5.59. The van der Waals surface area contributed by atoms with Crippen molar-refractivity contribution < 1.29 is 0 Å². The van der Waals surface area contributed by atoms with Crippen LogP contribution in [0.5, 0.6) is 0 Å². The summed E-state index contributed by atoms with van der Waals surface area (Å²) >= 11 is 0. The lowest BCUT2D eigenvalue weighted by Gasteiger charge is -2.13. The van der Waals surface area contributed by atoms with Crippen LogP contribution in [0.1, 0.15) is 25.7 Å². The van der Waals surface area contributed by atoms with Crippen molar-refractivity contribution in [2.75, 3.05) is 26.2 Å². The van der Waals surface area contributed by atoms with Gasteiger partial charge >= 0.3 is 0 Å². The molecular formula is C10H20N2. The molecule has 1 aliphatic carbocycles. The van der Waals surface area contributed by atoms with Gasteiger partial charge in [-0.15, -0.1) is 0 Å². The van der Waals surface area contributed by atoms with E-state index in [9.17, 15) is 0 Å². The Morgan fingerprint density at radius 3 is 2.50 bits per heavy atom. The summed E-state index contributed by atoms with van der Waals surface area (Å²) in [4.78, 5) is 2.60. The van der Waals surface area contributed by atoms with Gasteiger partial charge in [0.1, 0.15) is 0 Å². The van der Waals surface area contributed by atoms with Crippen molar-refractivity contribution in [2.45, 2.75) is 25.7 Å². The molecule has 2 nitrogen and oxygen atoms in total. The summed E-state index contributed by atoms with van der Waals surface area (Å²) in [5.74, 6) is 1.86. The summed E-state index contributed by atoms with van der Waals surface area (Å²) in [7, 11) is 0. The molecule has 1 saturated heterocycles. The normalized spacial score (nSPS) is 35.8. The lowest BCUT2D eigenvalue weighted by Crippen LogP contribution is -2.21. The standard InChI is InChI=1S/C10H20N2/c11-8-10-7-9(10)3-6-12-4-1-2-5-12/h9-10H,1-8,11H2/t9-,10+/m1/s1. The van der Waals surface area contributed by atoms with Gasteiger partial charge in [-0.2, -0.15) is 0 Å². The van der Waals surface area contributed by atoms with Gasteiger partial charge in [-0.3, -0.25) is 0 Å². The van der Waals surface area contributed by atoms with Crippen LogP contribution in [0, 0.1) is 11.8 Å². The molecule has 2 heteroatoms. The summed E-state index contributed by atoms with van der Waals surface area (Å²) in [5, 5.41) is 0. The number of hydrogen-bond donors (Lipinski definition) is 1. The second-order valence-electron chi connectivity index (χ2n) is 4.33. The molecule has 1 heterocycles. The zero-order valence-electron chi connectivity index (χ0n) is 7.84. The summed E-state index contributed by atoms with van der Waals surface area (Å²) in [6, 6.07) is 0. The van der Waals surface area contributed by atoms with E-state index >= 15 is 0 Å². The summed E-state index contributed by atoms with van der Waals surface area (Å²) in [6.07, 6.45) is 5.65. The summed E-state index contributed by atoms with van der Waals surface area (Å²) in [6.45, 7) is 4.95. The van der Waals surface area contributed by atoms with Gasteiger partial charge in [0.05, 0.1) is 0 Å². The second-order valence-corrected chi connectivity index (χ2v) is 4.33. The fraction of sp³-hybridized carbons (Fsp3) is 1.00. The topological polar surface area (TPSA) is 29.3 Å². The van der Waals surface area contributed by atoms with Crippen LogP contribution in [0.2, 0.25) is 0 Å². The fourth-order valence-electron chi connectivity index (χ4n) is 2.31. The maximum Gasteiger partial charge on any atom is -0.00160 e. The van der Waals surface area contributed by atoms with E-state index < -0.39 is 0 Å². The molecule has 0 unspecified atom stereocenters. The van der Waals surface area contributed by atoms with Gasteiger partial charge < -0.3 is 10.6 Å². The third kappa shape index (κ3) is 1.99. The van der Waals surface area contributed by atoms with Crippen molar-refractivity contribution in [3.05, 3.63) is 0 Å². The summed E-state index contributed by atoms with van der Waals surface area (Å²) < 4.78 is 0. The highest BCUT2D eigenvalue weighted by Crippen LogP contribution is 2.40. The average Bonchev–Trinajstić information content (AvgIpc) is 2.67. The third-order valence-electron chi connectivity index (χ3n) is 3.39. The molecule has 0 aromatic rings. The van der Waals surface area contributed by atoms with Crippen molar-refractivity contribution in [1.29, 1.82) is 0 Å². The zero-order valence-corrected chi connectivity index (χ0v) is 7.84. The molecule has 0 amide bonds. The van der Waals surface area contributed by atoms with E-state index in [1.165, 1.54) is 45.3 Å². The first-order chi connectivity index (χ1) is 5.90. The van der Waals surface area contributed by atoms with Crippen molar-refractivity contribution in [1.82, 2.24) is 4.90 Å². The molecule has 2 fully saturated rings. The van der Waals surface area contributed by atoms with Crippen molar-refractivity contribution in [3.8, 4) is 0 Å². The van der Waals surface area contributed by atoms with Crippen LogP contribution in [0.4, 0.5) is 0 Å². The van der Waals surface area contributed by atoms with E-state index in [0.29, 0.717) is 0 Å². The van der Waals surface area contributed by atoms with Crippen molar-refractivity contribution in [2.24, 2.45) is 17.6 Å². The van der Waals surface area contributed by atoms with Gasteiger partial charge in [0.25, 0.3) is 0 Å². The van der Waals surface area contributed by atoms with Gasteiger partial charge in [0.2, 0.25) is 0 Å². The lowest BCUT2D eigenvalue weighted by atomic mass is 10.2. The molecule has 0 bridgehead atoms. The van der Waals surface area contributed by atoms with E-state index in [1.54, 1.807) is 0 Å². The Hall–Kier alpha value is -0.0800. The molecule has 0 spiro atoms. The Bertz CT molecular complexity index is 141. The van der Waals surface area contributed by atoms with Gasteiger partial charge in [-0.25, -0.2) is 0 Å². The van der Waals surface area contributed by atoms with Gasteiger partial charge in [0.15, 0.2) is 0 Å². The van der Waals surface area contributed by atoms with Crippen LogP contribution < -0.4 is 5.73 Å². The Morgan fingerprint density at radius 2 is 1.92 bits per heavy atom. The molecule has 70 valence electrons. The maximum atomic E-state index is 5.59. The van der Waals surface area contributed by atoms with Crippen LogP contribution in [-0.4, -0.2) is 31.1 Å². The SMILES string of the molecule is NC[C@@H]1C[C@H]1CCN1CCCC1. The molecule has 0 aromatic carbocycles. The van der Waals surface area contributed by atoms with E-state index in [-0.39, 0.29) is 0 Å². The highest BCUT2D eigenvalue weighted by Gasteiger charge is 2.35. The molecule has 2 N–H and O–H groups in total. The number of nitrogens with zero attached hydrogens (tertiary/aromatic N) is 1. The Labute approximate surface area is 75.1 Å². The van der Waals surface area contributed by atoms with Gasteiger partial charge in [-0.1, -0.05) is 0 Å². The van der Waals surface area contributed by atoms with Crippen LogP contribution in [-0.2, 0) is 0 Å². The predicted molar refractivity (Wildman–Crippen MR) is 50.9 cm³/mol. The number of hydrogen-bond acceptors (Lipinski definition) is 2.